The predicted molar refractivity (Wildman–Crippen MR) is 129 cm³/mol. The van der Waals surface area contributed by atoms with Crippen LogP contribution in [0.25, 0.3) is 10.9 Å². The number of halogens is 2. The van der Waals surface area contributed by atoms with Gasteiger partial charge in [-0.05, 0) is 67.6 Å². The van der Waals surface area contributed by atoms with Gasteiger partial charge in [-0.2, -0.15) is 0 Å². The molecule has 0 aliphatic heterocycles. The van der Waals surface area contributed by atoms with Crippen LogP contribution in [0.5, 0.6) is 5.75 Å². The van der Waals surface area contributed by atoms with Gasteiger partial charge in [0, 0.05) is 35.1 Å². The number of benzene rings is 2. The van der Waals surface area contributed by atoms with E-state index < -0.39 is 15.9 Å². The maximum atomic E-state index is 11.9. The van der Waals surface area contributed by atoms with Crippen LogP contribution in [0.3, 0.4) is 0 Å². The summed E-state index contributed by atoms with van der Waals surface area (Å²) in [5.41, 5.74) is 3.93. The molecule has 1 aromatic heterocycles. The minimum absolute atomic E-state index is 0.0428. The van der Waals surface area contributed by atoms with E-state index in [0.717, 1.165) is 57.5 Å². The van der Waals surface area contributed by atoms with E-state index in [1.807, 2.05) is 59.7 Å². The minimum atomic E-state index is -3.57. The zero-order chi connectivity index (χ0) is 23.5. The number of sulfonamides is 1. The lowest BCUT2D eigenvalue weighted by Crippen LogP contribution is -2.29. The number of carbonyl (C=O) groups is 1. The van der Waals surface area contributed by atoms with Crippen LogP contribution in [-0.2, 0) is 27.8 Å². The molecule has 0 fully saturated rings. The standard InChI is InChI=1S/C23H26Cl2N2O4S/c1-15-12-18(13-16(2)23(15)25)31-11-5-6-17-14-27(10-9-21(28)26-32(3,29)30)20-8-4-7-19(24)22(17)20/h4,7-8,12-14H,5-6,9-11H2,1-3H3,(H,26,28). The van der Waals surface area contributed by atoms with Gasteiger partial charge in [0.2, 0.25) is 15.9 Å². The maximum absolute atomic E-state index is 11.9. The number of ether oxygens (including phenoxy) is 1. The van der Waals surface area contributed by atoms with Crippen molar-refractivity contribution in [3.63, 3.8) is 0 Å². The molecule has 0 unspecified atom stereocenters. The van der Waals surface area contributed by atoms with E-state index >= 15 is 0 Å². The number of hydrogen-bond donors (Lipinski definition) is 1. The van der Waals surface area contributed by atoms with Crippen LogP contribution >= 0.6 is 23.2 Å². The molecule has 0 atom stereocenters. The van der Waals surface area contributed by atoms with Crippen molar-refractivity contribution >= 4 is 50.0 Å². The summed E-state index contributed by atoms with van der Waals surface area (Å²) in [5, 5.41) is 2.34. The predicted octanol–water partition coefficient (Wildman–Crippen LogP) is 5.04. The number of hydrogen-bond acceptors (Lipinski definition) is 4. The van der Waals surface area contributed by atoms with E-state index in [2.05, 4.69) is 0 Å². The average Bonchev–Trinajstić information content (AvgIpc) is 3.05. The van der Waals surface area contributed by atoms with Gasteiger partial charge >= 0.3 is 0 Å². The van der Waals surface area contributed by atoms with Crippen LogP contribution in [0, 0.1) is 13.8 Å². The Morgan fingerprint density at radius 3 is 2.50 bits per heavy atom. The minimum Gasteiger partial charge on any atom is -0.494 e. The number of aryl methyl sites for hydroxylation is 4. The summed E-state index contributed by atoms with van der Waals surface area (Å²) in [4.78, 5) is 11.9. The maximum Gasteiger partial charge on any atom is 0.235 e. The van der Waals surface area contributed by atoms with Gasteiger partial charge in [-0.3, -0.25) is 9.52 Å². The fraction of sp³-hybridized carbons (Fsp3) is 0.348. The first kappa shape index (κ1) is 24.4. The smallest absolute Gasteiger partial charge is 0.235 e. The molecule has 0 aliphatic rings. The van der Waals surface area contributed by atoms with Gasteiger partial charge in [-0.25, -0.2) is 8.42 Å². The Morgan fingerprint density at radius 2 is 1.84 bits per heavy atom. The zero-order valence-corrected chi connectivity index (χ0v) is 20.6. The number of nitrogens with one attached hydrogen (secondary N) is 1. The van der Waals surface area contributed by atoms with Crippen molar-refractivity contribution in [2.24, 2.45) is 0 Å². The monoisotopic (exact) mass is 496 g/mol. The normalized spacial score (nSPS) is 11.7. The second kappa shape index (κ2) is 10.1. The lowest BCUT2D eigenvalue weighted by atomic mass is 10.1. The summed E-state index contributed by atoms with van der Waals surface area (Å²) >= 11 is 12.7. The number of fused-ring (bicyclic) bond motifs is 1. The molecule has 3 aromatic rings. The summed E-state index contributed by atoms with van der Waals surface area (Å²) in [6.45, 7) is 4.79. The van der Waals surface area contributed by atoms with Gasteiger partial charge in [0.1, 0.15) is 5.75 Å². The van der Waals surface area contributed by atoms with Crippen molar-refractivity contribution in [3.05, 3.63) is 63.3 Å². The number of rotatable bonds is 9. The van der Waals surface area contributed by atoms with Gasteiger partial charge in [-0.15, -0.1) is 0 Å². The van der Waals surface area contributed by atoms with E-state index in [-0.39, 0.29) is 6.42 Å². The number of aromatic nitrogens is 1. The molecule has 32 heavy (non-hydrogen) atoms. The van der Waals surface area contributed by atoms with Crippen molar-refractivity contribution in [1.29, 1.82) is 0 Å². The molecule has 0 saturated carbocycles. The van der Waals surface area contributed by atoms with Gasteiger partial charge in [0.25, 0.3) is 0 Å². The lowest BCUT2D eigenvalue weighted by molar-refractivity contribution is -0.119. The van der Waals surface area contributed by atoms with Crippen LogP contribution in [0.15, 0.2) is 36.5 Å². The Kier molecular flexibility index (Phi) is 7.75. The first-order valence-electron chi connectivity index (χ1n) is 10.2. The second-order valence-electron chi connectivity index (χ2n) is 7.85. The molecule has 9 heteroatoms. The summed E-state index contributed by atoms with van der Waals surface area (Å²) < 4.78 is 32.3. The Hall–Kier alpha value is -2.22. The molecule has 1 heterocycles. The fourth-order valence-corrected chi connectivity index (χ4v) is 4.60. The van der Waals surface area contributed by atoms with Crippen molar-refractivity contribution in [1.82, 2.24) is 9.29 Å². The van der Waals surface area contributed by atoms with Gasteiger partial charge < -0.3 is 9.30 Å². The van der Waals surface area contributed by atoms with Gasteiger partial charge in [-0.1, -0.05) is 29.3 Å². The third-order valence-electron chi connectivity index (χ3n) is 5.08. The highest BCUT2D eigenvalue weighted by Crippen LogP contribution is 2.30. The van der Waals surface area contributed by atoms with Crippen LogP contribution in [0.4, 0.5) is 0 Å². The average molecular weight is 497 g/mol. The van der Waals surface area contributed by atoms with Crippen LogP contribution < -0.4 is 9.46 Å². The summed E-state index contributed by atoms with van der Waals surface area (Å²) in [7, 11) is -3.57. The molecule has 0 saturated heterocycles. The topological polar surface area (TPSA) is 77.4 Å². The van der Waals surface area contributed by atoms with E-state index in [0.29, 0.717) is 18.2 Å². The molecule has 1 amide bonds. The molecule has 1 N–H and O–H groups in total. The Bertz CT molecular complexity index is 1230. The molecule has 0 spiro atoms. The summed E-state index contributed by atoms with van der Waals surface area (Å²) in [6, 6.07) is 9.49. The second-order valence-corrected chi connectivity index (χ2v) is 10.4. The third kappa shape index (κ3) is 6.18. The highest BCUT2D eigenvalue weighted by molar-refractivity contribution is 7.89. The van der Waals surface area contributed by atoms with E-state index in [1.54, 1.807) is 0 Å². The van der Waals surface area contributed by atoms with Gasteiger partial charge in [0.15, 0.2) is 0 Å². The summed E-state index contributed by atoms with van der Waals surface area (Å²) in [6.07, 6.45) is 4.50. The van der Waals surface area contributed by atoms with E-state index in [9.17, 15) is 13.2 Å². The molecule has 3 rings (SSSR count). The van der Waals surface area contributed by atoms with Crippen LogP contribution in [0.1, 0.15) is 29.5 Å². The zero-order valence-electron chi connectivity index (χ0n) is 18.2. The largest absolute Gasteiger partial charge is 0.494 e. The lowest BCUT2D eigenvalue weighted by Gasteiger charge is -2.10. The molecular weight excluding hydrogens is 471 g/mol. The molecular formula is C23H26Cl2N2O4S. The number of nitrogens with zero attached hydrogens (tertiary/aromatic N) is 1. The number of amides is 1. The third-order valence-corrected chi connectivity index (χ3v) is 6.59. The van der Waals surface area contributed by atoms with Gasteiger partial charge in [0.05, 0.1) is 17.9 Å². The van der Waals surface area contributed by atoms with E-state index in [1.165, 1.54) is 0 Å². The molecule has 6 nitrogen and oxygen atoms in total. The quantitative estimate of drug-likeness (QED) is 0.420. The SMILES string of the molecule is Cc1cc(OCCCc2cn(CCC(=O)NS(C)(=O)=O)c3cccc(Cl)c23)cc(C)c1Cl. The number of carbonyl (C=O) groups excluding carboxylic acids is 1. The highest BCUT2D eigenvalue weighted by Gasteiger charge is 2.14. The molecule has 172 valence electrons. The van der Waals surface area contributed by atoms with E-state index in [4.69, 9.17) is 27.9 Å². The van der Waals surface area contributed by atoms with Crippen molar-refractivity contribution in [3.8, 4) is 5.75 Å². The Balaban J connectivity index is 1.68. The first-order valence-corrected chi connectivity index (χ1v) is 12.9. The molecule has 0 aliphatic carbocycles. The Morgan fingerprint density at radius 1 is 1.16 bits per heavy atom. The van der Waals surface area contributed by atoms with Crippen molar-refractivity contribution in [2.75, 3.05) is 12.9 Å². The highest BCUT2D eigenvalue weighted by atomic mass is 35.5. The summed E-state index contributed by atoms with van der Waals surface area (Å²) in [5.74, 6) is 0.252. The van der Waals surface area contributed by atoms with Crippen molar-refractivity contribution < 1.29 is 17.9 Å². The molecule has 0 bridgehead atoms. The molecule has 0 radical (unpaired) electrons. The van der Waals surface area contributed by atoms with Crippen molar-refractivity contribution in [2.45, 2.75) is 39.7 Å². The first-order chi connectivity index (χ1) is 15.0. The van der Waals surface area contributed by atoms with Crippen LogP contribution in [0.2, 0.25) is 10.0 Å². The van der Waals surface area contributed by atoms with Crippen LogP contribution in [-0.4, -0.2) is 31.8 Å². The molecule has 2 aromatic carbocycles. The Labute approximate surface area is 198 Å². The fourth-order valence-electron chi connectivity index (χ4n) is 3.69.